The zero-order chi connectivity index (χ0) is 18.8. The molecule has 0 spiro atoms. The molecule has 0 atom stereocenters. The highest BCUT2D eigenvalue weighted by molar-refractivity contribution is 5.95. The molecule has 1 fully saturated rings. The van der Waals surface area contributed by atoms with E-state index >= 15 is 0 Å². The van der Waals surface area contributed by atoms with Gasteiger partial charge in [-0.2, -0.15) is 4.98 Å². The molecule has 0 N–H and O–H groups in total. The fourth-order valence-corrected chi connectivity index (χ4v) is 3.24. The van der Waals surface area contributed by atoms with E-state index in [0.29, 0.717) is 24.8 Å². The van der Waals surface area contributed by atoms with E-state index in [1.165, 1.54) is 0 Å². The summed E-state index contributed by atoms with van der Waals surface area (Å²) in [5, 5.41) is 3.91. The number of piperazine rings is 1. The lowest BCUT2D eigenvalue weighted by Crippen LogP contribution is -2.49. The largest absolute Gasteiger partial charge is 0.353 e. The van der Waals surface area contributed by atoms with Crippen molar-refractivity contribution in [3.63, 3.8) is 0 Å². The predicted octanol–water partition coefficient (Wildman–Crippen LogP) is 2.71. The van der Waals surface area contributed by atoms with Gasteiger partial charge in [-0.15, -0.1) is 0 Å². The number of aryl methyl sites for hydroxylation is 2. The van der Waals surface area contributed by atoms with Crippen molar-refractivity contribution in [3.05, 3.63) is 59.6 Å². The Bertz CT molecular complexity index is 943. The zero-order valence-electron chi connectivity index (χ0n) is 15.4. The molecule has 7 nitrogen and oxygen atoms in total. The van der Waals surface area contributed by atoms with Crippen LogP contribution in [0.15, 0.2) is 47.1 Å². The number of hydrogen-bond donors (Lipinski definition) is 0. The molecule has 3 aromatic rings. The third kappa shape index (κ3) is 3.53. The van der Waals surface area contributed by atoms with Gasteiger partial charge in [0.15, 0.2) is 0 Å². The summed E-state index contributed by atoms with van der Waals surface area (Å²) in [6, 6.07) is 11.6. The number of pyridine rings is 1. The maximum absolute atomic E-state index is 12.7. The molecule has 0 saturated carbocycles. The summed E-state index contributed by atoms with van der Waals surface area (Å²) in [5.41, 5.74) is 2.62. The Hall–Kier alpha value is -3.22. The summed E-state index contributed by atoms with van der Waals surface area (Å²) in [6.07, 6.45) is 1.75. The third-order valence-electron chi connectivity index (χ3n) is 4.80. The van der Waals surface area contributed by atoms with Gasteiger partial charge in [-0.1, -0.05) is 23.4 Å². The zero-order valence-corrected chi connectivity index (χ0v) is 15.4. The standard InChI is InChI=1S/C20H21N5O2/c1-14-5-3-4-6-17(14)20(26)25-11-9-24(10-12-25)18-8-7-16(13-21-18)19-22-15(2)27-23-19/h3-8,13H,9-12H2,1-2H3. The van der Waals surface area contributed by atoms with Crippen LogP contribution >= 0.6 is 0 Å². The van der Waals surface area contributed by atoms with Gasteiger partial charge >= 0.3 is 0 Å². The minimum Gasteiger partial charge on any atom is -0.353 e. The first kappa shape index (κ1) is 17.2. The second-order valence-electron chi connectivity index (χ2n) is 6.64. The molecule has 2 aromatic heterocycles. The van der Waals surface area contributed by atoms with Crippen molar-refractivity contribution >= 4 is 11.7 Å². The van der Waals surface area contributed by atoms with Crippen molar-refractivity contribution < 1.29 is 9.32 Å². The fraction of sp³-hybridized carbons (Fsp3) is 0.300. The fourth-order valence-electron chi connectivity index (χ4n) is 3.24. The lowest BCUT2D eigenvalue weighted by molar-refractivity contribution is 0.0746. The number of anilines is 1. The minimum absolute atomic E-state index is 0.100. The highest BCUT2D eigenvalue weighted by Gasteiger charge is 2.23. The van der Waals surface area contributed by atoms with Gasteiger partial charge in [0.1, 0.15) is 5.82 Å². The van der Waals surface area contributed by atoms with Crippen LogP contribution < -0.4 is 4.90 Å². The van der Waals surface area contributed by atoms with Gasteiger partial charge in [0.05, 0.1) is 0 Å². The topological polar surface area (TPSA) is 75.4 Å². The van der Waals surface area contributed by atoms with E-state index in [1.54, 1.807) is 13.1 Å². The lowest BCUT2D eigenvalue weighted by atomic mass is 10.1. The van der Waals surface area contributed by atoms with Gasteiger partial charge in [-0.25, -0.2) is 4.98 Å². The van der Waals surface area contributed by atoms with Crippen LogP contribution in [0.2, 0.25) is 0 Å². The smallest absolute Gasteiger partial charge is 0.254 e. The molecule has 0 bridgehead atoms. The summed E-state index contributed by atoms with van der Waals surface area (Å²) in [7, 11) is 0. The molecule has 1 aliphatic rings. The molecule has 3 heterocycles. The van der Waals surface area contributed by atoms with Gasteiger partial charge in [0.25, 0.3) is 5.91 Å². The number of nitrogens with zero attached hydrogens (tertiary/aromatic N) is 5. The summed E-state index contributed by atoms with van der Waals surface area (Å²) < 4.78 is 5.01. The number of carbonyl (C=O) groups is 1. The van der Waals surface area contributed by atoms with Crippen LogP contribution in [0.25, 0.3) is 11.4 Å². The molecule has 27 heavy (non-hydrogen) atoms. The summed E-state index contributed by atoms with van der Waals surface area (Å²) >= 11 is 0. The van der Waals surface area contributed by atoms with E-state index in [0.717, 1.165) is 35.6 Å². The Morgan fingerprint density at radius 1 is 1.04 bits per heavy atom. The Kier molecular flexibility index (Phi) is 4.58. The average molecular weight is 363 g/mol. The summed E-state index contributed by atoms with van der Waals surface area (Å²) in [6.45, 7) is 6.61. The molecule has 1 amide bonds. The van der Waals surface area contributed by atoms with Crippen LogP contribution in [-0.2, 0) is 0 Å². The van der Waals surface area contributed by atoms with Gasteiger partial charge in [-0.3, -0.25) is 4.79 Å². The van der Waals surface area contributed by atoms with Gasteiger partial charge < -0.3 is 14.3 Å². The Labute approximate surface area is 157 Å². The second-order valence-corrected chi connectivity index (χ2v) is 6.64. The summed E-state index contributed by atoms with van der Waals surface area (Å²) in [5.74, 6) is 2.06. The Morgan fingerprint density at radius 2 is 1.81 bits per heavy atom. The molecule has 1 saturated heterocycles. The molecule has 1 aliphatic heterocycles. The highest BCUT2D eigenvalue weighted by Crippen LogP contribution is 2.20. The first-order valence-electron chi connectivity index (χ1n) is 8.98. The van der Waals surface area contributed by atoms with E-state index in [2.05, 4.69) is 20.0 Å². The second kappa shape index (κ2) is 7.19. The van der Waals surface area contributed by atoms with Crippen LogP contribution in [-0.4, -0.2) is 52.1 Å². The van der Waals surface area contributed by atoms with E-state index < -0.39 is 0 Å². The number of hydrogen-bond acceptors (Lipinski definition) is 6. The minimum atomic E-state index is 0.100. The van der Waals surface area contributed by atoms with Crippen LogP contribution in [0, 0.1) is 13.8 Å². The number of rotatable bonds is 3. The third-order valence-corrected chi connectivity index (χ3v) is 4.80. The SMILES string of the molecule is Cc1nc(-c2ccc(N3CCN(C(=O)c4ccccc4C)CC3)nc2)no1. The van der Waals surface area contributed by atoms with Crippen LogP contribution in [0.1, 0.15) is 21.8 Å². The van der Waals surface area contributed by atoms with Gasteiger partial charge in [0, 0.05) is 50.4 Å². The van der Waals surface area contributed by atoms with E-state index in [1.807, 2.05) is 48.2 Å². The molecule has 0 unspecified atom stereocenters. The Balaban J connectivity index is 1.40. The molecule has 7 heteroatoms. The van der Waals surface area contributed by atoms with Crippen LogP contribution in [0.3, 0.4) is 0 Å². The monoisotopic (exact) mass is 363 g/mol. The average Bonchev–Trinajstić information content (AvgIpc) is 3.14. The molecule has 4 rings (SSSR count). The quantitative estimate of drug-likeness (QED) is 0.712. The number of aromatic nitrogens is 3. The van der Waals surface area contributed by atoms with E-state index in [9.17, 15) is 4.79 Å². The number of carbonyl (C=O) groups excluding carboxylic acids is 1. The maximum atomic E-state index is 12.7. The van der Waals surface area contributed by atoms with Gasteiger partial charge in [0.2, 0.25) is 11.7 Å². The number of amides is 1. The molecule has 1 aromatic carbocycles. The van der Waals surface area contributed by atoms with Gasteiger partial charge in [-0.05, 0) is 30.7 Å². The molecule has 138 valence electrons. The van der Waals surface area contributed by atoms with Crippen LogP contribution in [0.5, 0.6) is 0 Å². The molecular weight excluding hydrogens is 342 g/mol. The maximum Gasteiger partial charge on any atom is 0.254 e. The normalized spacial score (nSPS) is 14.4. The van der Waals surface area contributed by atoms with Crippen LogP contribution in [0.4, 0.5) is 5.82 Å². The van der Waals surface area contributed by atoms with E-state index in [-0.39, 0.29) is 5.91 Å². The first-order chi connectivity index (χ1) is 13.1. The van der Waals surface area contributed by atoms with Crippen molar-refractivity contribution in [2.45, 2.75) is 13.8 Å². The Morgan fingerprint density at radius 3 is 2.44 bits per heavy atom. The van der Waals surface area contributed by atoms with Crippen molar-refractivity contribution in [1.82, 2.24) is 20.0 Å². The first-order valence-corrected chi connectivity index (χ1v) is 8.98. The molecular formula is C20H21N5O2. The van der Waals surface area contributed by atoms with Crippen molar-refractivity contribution in [3.8, 4) is 11.4 Å². The van der Waals surface area contributed by atoms with Crippen molar-refractivity contribution in [1.29, 1.82) is 0 Å². The summed E-state index contributed by atoms with van der Waals surface area (Å²) in [4.78, 5) is 25.6. The lowest BCUT2D eigenvalue weighted by Gasteiger charge is -2.35. The number of benzene rings is 1. The van der Waals surface area contributed by atoms with Crippen molar-refractivity contribution in [2.75, 3.05) is 31.1 Å². The van der Waals surface area contributed by atoms with E-state index in [4.69, 9.17) is 4.52 Å². The molecule has 0 radical (unpaired) electrons. The highest BCUT2D eigenvalue weighted by atomic mass is 16.5. The predicted molar refractivity (Wildman–Crippen MR) is 102 cm³/mol. The van der Waals surface area contributed by atoms with Crippen molar-refractivity contribution in [2.24, 2.45) is 0 Å². The molecule has 0 aliphatic carbocycles.